The number of aryl methyl sites for hydroxylation is 1. The molecule has 2 amide bonds. The van der Waals surface area contributed by atoms with Crippen LogP contribution in [-0.2, 0) is 23.1 Å². The van der Waals surface area contributed by atoms with Crippen molar-refractivity contribution >= 4 is 11.8 Å². The minimum atomic E-state index is -0.294. The maximum Gasteiger partial charge on any atom is 0.228 e. The zero-order valence-electron chi connectivity index (χ0n) is 21.1. The standard InChI is InChI=1S/C27H32N8O2/c1-28-25(36)8-5-3-4-7-22(32-26(37)17-24-29-14-6-15-30-24)27-31-18-23(33-27)20-11-9-19(10-12-20)21-13-16-35(2)34-21/h6,9-16,18,22H,3-5,7-8,17H2,1-2H3,(H,28,36)(H,31,33)(H,32,37). The zero-order chi connectivity index (χ0) is 26.0. The number of unbranched alkanes of at least 4 members (excludes halogenated alkanes) is 2. The molecule has 4 aromatic rings. The van der Waals surface area contributed by atoms with E-state index >= 15 is 0 Å². The summed E-state index contributed by atoms with van der Waals surface area (Å²) in [4.78, 5) is 40.5. The third-order valence-electron chi connectivity index (χ3n) is 6.08. The van der Waals surface area contributed by atoms with E-state index in [1.54, 1.807) is 36.4 Å². The minimum absolute atomic E-state index is 0.0393. The largest absolute Gasteiger partial charge is 0.359 e. The van der Waals surface area contributed by atoms with Crippen LogP contribution in [0.2, 0.25) is 0 Å². The molecule has 3 N–H and O–H groups in total. The maximum absolute atomic E-state index is 12.8. The molecule has 3 aromatic heterocycles. The number of amides is 2. The van der Waals surface area contributed by atoms with Crippen molar-refractivity contribution in [1.82, 2.24) is 40.3 Å². The number of hydrogen-bond acceptors (Lipinski definition) is 6. The fourth-order valence-corrected chi connectivity index (χ4v) is 4.07. The summed E-state index contributed by atoms with van der Waals surface area (Å²) in [5.74, 6) is 1.03. The number of benzene rings is 1. The molecule has 4 rings (SSSR count). The molecular weight excluding hydrogens is 468 g/mol. The summed E-state index contributed by atoms with van der Waals surface area (Å²) in [6.45, 7) is 0. The summed E-state index contributed by atoms with van der Waals surface area (Å²) < 4.78 is 1.78. The van der Waals surface area contributed by atoms with E-state index in [4.69, 9.17) is 0 Å². The van der Waals surface area contributed by atoms with Crippen LogP contribution in [0.25, 0.3) is 22.5 Å². The summed E-state index contributed by atoms with van der Waals surface area (Å²) in [6, 6.07) is 11.5. The van der Waals surface area contributed by atoms with E-state index in [1.807, 2.05) is 43.6 Å². The lowest BCUT2D eigenvalue weighted by Crippen LogP contribution is -2.31. The Kier molecular flexibility index (Phi) is 8.75. The Labute approximate surface area is 216 Å². The van der Waals surface area contributed by atoms with E-state index < -0.39 is 0 Å². The molecule has 1 atom stereocenters. The van der Waals surface area contributed by atoms with E-state index in [2.05, 4.69) is 35.7 Å². The van der Waals surface area contributed by atoms with Crippen LogP contribution in [0.15, 0.2) is 61.2 Å². The molecule has 0 spiro atoms. The topological polar surface area (TPSA) is 130 Å². The lowest BCUT2D eigenvalue weighted by molar-refractivity contribution is -0.121. The third-order valence-corrected chi connectivity index (χ3v) is 6.08. The second-order valence-electron chi connectivity index (χ2n) is 8.87. The predicted molar refractivity (Wildman–Crippen MR) is 140 cm³/mol. The normalized spacial score (nSPS) is 11.7. The molecule has 0 aliphatic rings. The van der Waals surface area contributed by atoms with Gasteiger partial charge in [0.15, 0.2) is 0 Å². The molecule has 0 radical (unpaired) electrons. The van der Waals surface area contributed by atoms with Gasteiger partial charge in [-0.2, -0.15) is 5.10 Å². The van der Waals surface area contributed by atoms with Gasteiger partial charge in [-0.25, -0.2) is 15.0 Å². The molecule has 0 bridgehead atoms. The van der Waals surface area contributed by atoms with Gasteiger partial charge in [0.25, 0.3) is 0 Å². The zero-order valence-corrected chi connectivity index (χ0v) is 21.1. The smallest absolute Gasteiger partial charge is 0.228 e. The summed E-state index contributed by atoms with van der Waals surface area (Å²) in [5, 5.41) is 10.2. The monoisotopic (exact) mass is 500 g/mol. The van der Waals surface area contributed by atoms with E-state index in [9.17, 15) is 9.59 Å². The minimum Gasteiger partial charge on any atom is -0.359 e. The average molecular weight is 501 g/mol. The molecule has 0 aliphatic carbocycles. The highest BCUT2D eigenvalue weighted by Gasteiger charge is 2.19. The van der Waals surface area contributed by atoms with Crippen molar-refractivity contribution in [3.05, 3.63) is 72.8 Å². The number of carbonyl (C=O) groups is 2. The Balaban J connectivity index is 1.44. The van der Waals surface area contributed by atoms with Crippen LogP contribution in [0.3, 0.4) is 0 Å². The van der Waals surface area contributed by atoms with Gasteiger partial charge in [0, 0.05) is 44.7 Å². The van der Waals surface area contributed by atoms with Crippen LogP contribution in [0.5, 0.6) is 0 Å². The van der Waals surface area contributed by atoms with Gasteiger partial charge in [-0.15, -0.1) is 0 Å². The van der Waals surface area contributed by atoms with Gasteiger partial charge in [-0.1, -0.05) is 37.1 Å². The predicted octanol–water partition coefficient (Wildman–Crippen LogP) is 3.36. The van der Waals surface area contributed by atoms with Gasteiger partial charge in [0.1, 0.15) is 11.6 Å². The van der Waals surface area contributed by atoms with Crippen LogP contribution in [0.1, 0.15) is 49.8 Å². The summed E-state index contributed by atoms with van der Waals surface area (Å²) in [6.07, 6.45) is 10.8. The number of nitrogens with zero attached hydrogens (tertiary/aromatic N) is 5. The van der Waals surface area contributed by atoms with Gasteiger partial charge in [0.2, 0.25) is 11.8 Å². The Bertz CT molecular complexity index is 1300. The van der Waals surface area contributed by atoms with Crippen molar-refractivity contribution in [1.29, 1.82) is 0 Å². The highest BCUT2D eigenvalue weighted by atomic mass is 16.2. The lowest BCUT2D eigenvalue weighted by Gasteiger charge is -2.17. The number of hydrogen-bond donors (Lipinski definition) is 3. The van der Waals surface area contributed by atoms with Crippen molar-refractivity contribution in [3.63, 3.8) is 0 Å². The van der Waals surface area contributed by atoms with Crippen LogP contribution >= 0.6 is 0 Å². The number of imidazole rings is 1. The second-order valence-corrected chi connectivity index (χ2v) is 8.87. The van der Waals surface area contributed by atoms with Gasteiger partial charge in [0.05, 0.1) is 30.0 Å². The van der Waals surface area contributed by atoms with Crippen molar-refractivity contribution in [2.75, 3.05) is 7.05 Å². The number of carbonyl (C=O) groups excluding carboxylic acids is 2. The first kappa shape index (κ1) is 25.7. The molecule has 0 saturated carbocycles. The Morgan fingerprint density at radius 1 is 0.973 bits per heavy atom. The lowest BCUT2D eigenvalue weighted by atomic mass is 10.1. The van der Waals surface area contributed by atoms with E-state index in [1.165, 1.54) is 0 Å². The first-order valence-electron chi connectivity index (χ1n) is 12.4. The Morgan fingerprint density at radius 3 is 2.43 bits per heavy atom. The highest BCUT2D eigenvalue weighted by Crippen LogP contribution is 2.25. The maximum atomic E-state index is 12.8. The molecule has 10 nitrogen and oxygen atoms in total. The van der Waals surface area contributed by atoms with Crippen molar-refractivity contribution in [2.45, 2.75) is 44.6 Å². The molecule has 0 fully saturated rings. The van der Waals surface area contributed by atoms with Crippen LogP contribution in [-0.4, -0.2) is 48.6 Å². The quantitative estimate of drug-likeness (QED) is 0.256. The molecular formula is C27H32N8O2. The molecule has 192 valence electrons. The van der Waals surface area contributed by atoms with Gasteiger partial charge in [-0.3, -0.25) is 14.3 Å². The SMILES string of the molecule is CNC(=O)CCCCCC(NC(=O)Cc1ncccn1)c1ncc(-c2ccc(-c3ccn(C)n3)cc2)[nH]1. The van der Waals surface area contributed by atoms with Crippen molar-refractivity contribution in [3.8, 4) is 22.5 Å². The fraction of sp³-hybridized carbons (Fsp3) is 0.333. The Hall–Kier alpha value is -4.34. The first-order valence-corrected chi connectivity index (χ1v) is 12.4. The molecule has 1 aromatic carbocycles. The first-order chi connectivity index (χ1) is 18.0. The fourth-order valence-electron chi connectivity index (χ4n) is 4.07. The average Bonchev–Trinajstić information content (AvgIpc) is 3.58. The van der Waals surface area contributed by atoms with E-state index in [0.29, 0.717) is 24.5 Å². The molecule has 10 heteroatoms. The summed E-state index contributed by atoms with van der Waals surface area (Å²) >= 11 is 0. The molecule has 0 saturated heterocycles. The van der Waals surface area contributed by atoms with Crippen molar-refractivity contribution in [2.24, 2.45) is 7.05 Å². The van der Waals surface area contributed by atoms with Gasteiger partial charge >= 0.3 is 0 Å². The summed E-state index contributed by atoms with van der Waals surface area (Å²) in [5.41, 5.74) is 3.81. The van der Waals surface area contributed by atoms with Crippen molar-refractivity contribution < 1.29 is 9.59 Å². The van der Waals surface area contributed by atoms with E-state index in [0.717, 1.165) is 41.8 Å². The number of rotatable bonds is 12. The van der Waals surface area contributed by atoms with Gasteiger partial charge in [-0.05, 0) is 30.5 Å². The third kappa shape index (κ3) is 7.33. The molecule has 37 heavy (non-hydrogen) atoms. The molecule has 0 aliphatic heterocycles. The number of aromatic amines is 1. The number of nitrogens with one attached hydrogen (secondary N) is 3. The van der Waals surface area contributed by atoms with Crippen LogP contribution in [0.4, 0.5) is 0 Å². The van der Waals surface area contributed by atoms with E-state index in [-0.39, 0.29) is 24.3 Å². The number of aromatic nitrogens is 6. The summed E-state index contributed by atoms with van der Waals surface area (Å²) in [7, 11) is 3.54. The molecule has 3 heterocycles. The van der Waals surface area contributed by atoms with Crippen LogP contribution < -0.4 is 10.6 Å². The Morgan fingerprint density at radius 2 is 1.73 bits per heavy atom. The van der Waals surface area contributed by atoms with Gasteiger partial charge < -0.3 is 15.6 Å². The second kappa shape index (κ2) is 12.6. The number of H-pyrrole nitrogens is 1. The highest BCUT2D eigenvalue weighted by molar-refractivity contribution is 5.78. The van der Waals surface area contributed by atoms with Crippen LogP contribution in [0, 0.1) is 0 Å². The molecule has 1 unspecified atom stereocenters.